The SMILES string of the molecule is COc1ccc2cc1OCCn1nc(C)nc1[C@H](C(C)C)NC(=O)CN(C(=O)c1cocn1)CCCNC2=O. The van der Waals surface area contributed by atoms with Crippen molar-refractivity contribution in [2.24, 2.45) is 5.92 Å². The van der Waals surface area contributed by atoms with Crippen LogP contribution in [0.25, 0.3) is 0 Å². The van der Waals surface area contributed by atoms with E-state index in [-0.39, 0.29) is 49.7 Å². The van der Waals surface area contributed by atoms with Crippen molar-refractivity contribution in [3.05, 3.63) is 53.8 Å². The molecule has 4 rings (SSSR count). The monoisotopic (exact) mass is 539 g/mol. The molecule has 39 heavy (non-hydrogen) atoms. The van der Waals surface area contributed by atoms with Crippen LogP contribution < -0.4 is 20.1 Å². The number of aromatic nitrogens is 4. The van der Waals surface area contributed by atoms with Gasteiger partial charge in [0, 0.05) is 18.7 Å². The van der Waals surface area contributed by atoms with Crippen molar-refractivity contribution in [1.82, 2.24) is 35.3 Å². The first kappa shape index (κ1) is 27.6. The number of nitrogens with zero attached hydrogens (tertiary/aromatic N) is 5. The van der Waals surface area contributed by atoms with Crippen LogP contribution in [0.5, 0.6) is 11.5 Å². The van der Waals surface area contributed by atoms with Gasteiger partial charge in [-0.2, -0.15) is 5.10 Å². The zero-order chi connectivity index (χ0) is 27.9. The van der Waals surface area contributed by atoms with Gasteiger partial charge in [0.1, 0.15) is 24.5 Å². The van der Waals surface area contributed by atoms with E-state index in [1.54, 1.807) is 29.8 Å². The van der Waals surface area contributed by atoms with Crippen LogP contribution in [0.4, 0.5) is 0 Å². The molecule has 0 spiro atoms. The number of carbonyl (C=O) groups excluding carboxylic acids is 3. The molecule has 3 amide bonds. The normalized spacial score (nSPS) is 17.4. The number of carbonyl (C=O) groups is 3. The Morgan fingerprint density at radius 3 is 2.77 bits per heavy atom. The number of oxazole rings is 1. The lowest BCUT2D eigenvalue weighted by Gasteiger charge is -2.26. The summed E-state index contributed by atoms with van der Waals surface area (Å²) in [6, 6.07) is 4.49. The molecule has 1 aliphatic heterocycles. The van der Waals surface area contributed by atoms with Gasteiger partial charge in [-0.15, -0.1) is 0 Å². The fourth-order valence-electron chi connectivity index (χ4n) is 4.27. The highest BCUT2D eigenvalue weighted by molar-refractivity contribution is 5.95. The van der Waals surface area contributed by atoms with E-state index in [0.29, 0.717) is 41.7 Å². The van der Waals surface area contributed by atoms with Gasteiger partial charge in [0.2, 0.25) is 5.91 Å². The van der Waals surface area contributed by atoms with Crippen LogP contribution in [0.1, 0.15) is 58.8 Å². The van der Waals surface area contributed by atoms with E-state index in [2.05, 4.69) is 25.7 Å². The highest BCUT2D eigenvalue weighted by Gasteiger charge is 2.27. The van der Waals surface area contributed by atoms with Crippen molar-refractivity contribution in [2.75, 3.05) is 33.4 Å². The van der Waals surface area contributed by atoms with Gasteiger partial charge < -0.3 is 29.4 Å². The molecule has 0 unspecified atom stereocenters. The van der Waals surface area contributed by atoms with E-state index >= 15 is 0 Å². The van der Waals surface area contributed by atoms with E-state index in [1.165, 1.54) is 18.3 Å². The third-order valence-electron chi connectivity index (χ3n) is 6.22. The van der Waals surface area contributed by atoms with Gasteiger partial charge in [0.05, 0.1) is 26.2 Å². The standard InChI is InChI=1S/C26H33N7O6/c1-16(2)23-24-29-17(3)31-33(24)10-11-39-21-12-18(6-7-20(21)37-4)25(35)27-8-5-9-32(13-22(34)30-23)26(36)19-14-38-15-28-19/h6-7,12,14-16,23H,5,8-11,13H2,1-4H3,(H,27,35)(H,30,34)/t23-/m0/s1. The third-order valence-corrected chi connectivity index (χ3v) is 6.22. The number of ether oxygens (including phenoxy) is 2. The summed E-state index contributed by atoms with van der Waals surface area (Å²) in [5, 5.41) is 10.4. The number of nitrogens with one attached hydrogen (secondary N) is 2. The second kappa shape index (κ2) is 12.4. The summed E-state index contributed by atoms with van der Waals surface area (Å²) in [4.78, 5) is 49.0. The molecule has 3 aromatic rings. The molecule has 2 bridgehead atoms. The molecule has 0 fully saturated rings. The maximum Gasteiger partial charge on any atom is 0.276 e. The molecule has 2 N–H and O–H groups in total. The fraction of sp³-hybridized carbons (Fsp3) is 0.462. The molecule has 0 saturated carbocycles. The van der Waals surface area contributed by atoms with Crippen molar-refractivity contribution >= 4 is 17.7 Å². The second-order valence-electron chi connectivity index (χ2n) is 9.45. The number of benzene rings is 1. The highest BCUT2D eigenvalue weighted by Crippen LogP contribution is 2.28. The Morgan fingerprint density at radius 1 is 1.23 bits per heavy atom. The lowest BCUT2D eigenvalue weighted by atomic mass is 10.0. The molecule has 2 aromatic heterocycles. The number of methoxy groups -OCH3 is 1. The molecule has 0 radical (unpaired) electrons. The van der Waals surface area contributed by atoms with Crippen LogP contribution in [-0.4, -0.2) is 75.7 Å². The molecule has 208 valence electrons. The van der Waals surface area contributed by atoms with Crippen molar-refractivity contribution in [3.8, 4) is 11.5 Å². The first-order valence-corrected chi connectivity index (χ1v) is 12.7. The number of hydrogen-bond acceptors (Lipinski definition) is 9. The van der Waals surface area contributed by atoms with Gasteiger partial charge >= 0.3 is 0 Å². The zero-order valence-corrected chi connectivity index (χ0v) is 22.5. The van der Waals surface area contributed by atoms with E-state index in [0.717, 1.165) is 6.39 Å². The Balaban J connectivity index is 1.65. The minimum absolute atomic E-state index is 0.0190. The van der Waals surface area contributed by atoms with Gasteiger partial charge in [-0.25, -0.2) is 14.6 Å². The van der Waals surface area contributed by atoms with Crippen LogP contribution in [0, 0.1) is 12.8 Å². The zero-order valence-electron chi connectivity index (χ0n) is 22.5. The quantitative estimate of drug-likeness (QED) is 0.507. The highest BCUT2D eigenvalue weighted by atomic mass is 16.5. The van der Waals surface area contributed by atoms with Gasteiger partial charge in [-0.3, -0.25) is 14.4 Å². The predicted molar refractivity (Wildman–Crippen MR) is 138 cm³/mol. The lowest BCUT2D eigenvalue weighted by molar-refractivity contribution is -0.123. The van der Waals surface area contributed by atoms with Gasteiger partial charge in [-0.1, -0.05) is 13.8 Å². The Hall–Kier alpha value is -4.42. The maximum atomic E-state index is 13.2. The van der Waals surface area contributed by atoms with Crippen LogP contribution in [0.15, 0.2) is 35.3 Å². The summed E-state index contributed by atoms with van der Waals surface area (Å²) in [5.74, 6) is 0.910. The summed E-state index contributed by atoms with van der Waals surface area (Å²) in [5.41, 5.74) is 0.495. The lowest BCUT2D eigenvalue weighted by Crippen LogP contribution is -2.44. The largest absolute Gasteiger partial charge is 0.493 e. The van der Waals surface area contributed by atoms with Crippen molar-refractivity contribution in [2.45, 2.75) is 39.8 Å². The first-order valence-electron chi connectivity index (χ1n) is 12.7. The van der Waals surface area contributed by atoms with Crippen LogP contribution in [0.3, 0.4) is 0 Å². The molecule has 0 saturated heterocycles. The summed E-state index contributed by atoms with van der Waals surface area (Å²) in [6.45, 7) is 6.56. The predicted octanol–water partition coefficient (Wildman–Crippen LogP) is 1.75. The smallest absolute Gasteiger partial charge is 0.276 e. The Labute approximate surface area is 225 Å². The van der Waals surface area contributed by atoms with E-state index < -0.39 is 11.9 Å². The van der Waals surface area contributed by atoms with E-state index in [4.69, 9.17) is 13.9 Å². The molecule has 1 aliphatic rings. The molecule has 3 heterocycles. The Kier molecular flexibility index (Phi) is 8.79. The molecule has 13 heteroatoms. The average Bonchev–Trinajstić information content (AvgIpc) is 3.58. The first-order chi connectivity index (χ1) is 18.8. The van der Waals surface area contributed by atoms with Crippen molar-refractivity contribution in [3.63, 3.8) is 0 Å². The topological polar surface area (TPSA) is 154 Å². The Bertz CT molecular complexity index is 1300. The van der Waals surface area contributed by atoms with E-state index in [9.17, 15) is 14.4 Å². The van der Waals surface area contributed by atoms with Gasteiger partial charge in [0.25, 0.3) is 11.8 Å². The average molecular weight is 540 g/mol. The van der Waals surface area contributed by atoms with Crippen LogP contribution in [-0.2, 0) is 11.3 Å². The molecule has 1 atom stereocenters. The minimum Gasteiger partial charge on any atom is -0.493 e. The maximum absolute atomic E-state index is 13.2. The fourth-order valence-corrected chi connectivity index (χ4v) is 4.27. The number of fused-ring (bicyclic) bond motifs is 3. The van der Waals surface area contributed by atoms with Gasteiger partial charge in [-0.05, 0) is 37.5 Å². The van der Waals surface area contributed by atoms with Crippen molar-refractivity contribution in [1.29, 1.82) is 0 Å². The molecular formula is C26H33N7O6. The summed E-state index contributed by atoms with van der Waals surface area (Å²) in [6.07, 6.45) is 2.80. The van der Waals surface area contributed by atoms with Crippen LogP contribution >= 0.6 is 0 Å². The number of rotatable bonds is 3. The summed E-state index contributed by atoms with van der Waals surface area (Å²) >= 11 is 0. The van der Waals surface area contributed by atoms with Crippen molar-refractivity contribution < 1.29 is 28.3 Å². The third kappa shape index (κ3) is 6.72. The number of aryl methyl sites for hydroxylation is 1. The molecular weight excluding hydrogens is 506 g/mol. The summed E-state index contributed by atoms with van der Waals surface area (Å²) in [7, 11) is 1.53. The van der Waals surface area contributed by atoms with Crippen LogP contribution in [0.2, 0.25) is 0 Å². The molecule has 0 aliphatic carbocycles. The van der Waals surface area contributed by atoms with Gasteiger partial charge in [0.15, 0.2) is 23.6 Å². The van der Waals surface area contributed by atoms with E-state index in [1.807, 2.05) is 13.8 Å². The number of amides is 3. The molecule has 1 aromatic carbocycles. The minimum atomic E-state index is -0.460. The molecule has 13 nitrogen and oxygen atoms in total. The second-order valence-corrected chi connectivity index (χ2v) is 9.45. The Morgan fingerprint density at radius 2 is 2.05 bits per heavy atom. The summed E-state index contributed by atoms with van der Waals surface area (Å²) < 4.78 is 18.0. The number of hydrogen-bond donors (Lipinski definition) is 2.